The van der Waals surface area contributed by atoms with Gasteiger partial charge in [-0.05, 0) is 19.2 Å². The number of aromatic nitrogens is 1. The van der Waals surface area contributed by atoms with Crippen LogP contribution in [0.4, 0.5) is 10.8 Å². The Bertz CT molecular complexity index is 697. The maximum Gasteiger partial charge on any atom is 0.236 e. The van der Waals surface area contributed by atoms with Gasteiger partial charge in [0.1, 0.15) is 0 Å². The van der Waals surface area contributed by atoms with Gasteiger partial charge in [0.2, 0.25) is 5.91 Å². The van der Waals surface area contributed by atoms with E-state index in [4.69, 9.17) is 4.99 Å². The van der Waals surface area contributed by atoms with Gasteiger partial charge >= 0.3 is 0 Å². The number of para-hydroxylation sites is 1. The number of thioether (sulfide) groups is 1. The number of hydrogen-bond acceptors (Lipinski definition) is 6. The van der Waals surface area contributed by atoms with Crippen LogP contribution in [0, 0.1) is 0 Å². The lowest BCUT2D eigenvalue weighted by Gasteiger charge is -2.34. The Morgan fingerprint density at radius 1 is 1.28 bits per heavy atom. The van der Waals surface area contributed by atoms with Gasteiger partial charge in [-0.2, -0.15) is 0 Å². The fourth-order valence-electron chi connectivity index (χ4n) is 2.38. The monoisotopic (exact) mass is 375 g/mol. The highest BCUT2D eigenvalue weighted by atomic mass is 32.2. The lowest BCUT2D eigenvalue weighted by atomic mass is 10.3. The molecule has 0 spiro atoms. The first kappa shape index (κ1) is 17.9. The molecule has 1 saturated heterocycles. The number of aliphatic imine (C=N–C) groups is 1. The average Bonchev–Trinajstić information content (AvgIpc) is 3.13. The largest absolute Gasteiger partial charge is 0.349 e. The number of benzene rings is 1. The van der Waals surface area contributed by atoms with Crippen LogP contribution in [0.25, 0.3) is 0 Å². The second-order valence-corrected chi connectivity index (χ2v) is 7.53. The zero-order chi connectivity index (χ0) is 17.5. The maximum absolute atomic E-state index is 12.2. The number of carbonyl (C=O) groups excluding carboxylic acids is 1. The molecule has 1 fully saturated rings. The fraction of sp³-hybridized carbons (Fsp3) is 0.353. The number of carbonyl (C=O) groups is 1. The molecule has 2 heterocycles. The van der Waals surface area contributed by atoms with Gasteiger partial charge in [0.25, 0.3) is 0 Å². The topological polar surface area (TPSA) is 60.8 Å². The first-order chi connectivity index (χ1) is 12.2. The number of anilines is 1. The van der Waals surface area contributed by atoms with E-state index < -0.39 is 0 Å². The average molecular weight is 376 g/mol. The molecule has 1 aliphatic heterocycles. The molecule has 8 heteroatoms. The number of nitrogens with zero attached hydrogens (tertiary/aromatic N) is 4. The van der Waals surface area contributed by atoms with E-state index in [2.05, 4.69) is 27.1 Å². The second kappa shape index (κ2) is 8.98. The van der Waals surface area contributed by atoms with Crippen molar-refractivity contribution in [3.8, 4) is 0 Å². The molecule has 1 amide bonds. The molecule has 1 aliphatic rings. The van der Waals surface area contributed by atoms with Gasteiger partial charge in [-0.25, -0.2) is 9.98 Å². The number of likely N-dealkylation sites (N-methyl/N-ethyl adjacent to an activating group) is 1. The van der Waals surface area contributed by atoms with Crippen LogP contribution in [0.3, 0.4) is 0 Å². The summed E-state index contributed by atoms with van der Waals surface area (Å²) in [7, 11) is 2.12. The van der Waals surface area contributed by atoms with Crippen molar-refractivity contribution in [3.63, 3.8) is 0 Å². The van der Waals surface area contributed by atoms with Crippen LogP contribution in [-0.4, -0.2) is 64.8 Å². The highest BCUT2D eigenvalue weighted by Gasteiger charge is 2.19. The molecule has 0 bridgehead atoms. The van der Waals surface area contributed by atoms with Crippen molar-refractivity contribution < 1.29 is 4.79 Å². The molecule has 132 valence electrons. The number of thiazole rings is 1. The summed E-state index contributed by atoms with van der Waals surface area (Å²) in [6.45, 7) is 3.84. The van der Waals surface area contributed by atoms with E-state index in [9.17, 15) is 4.79 Å². The Hall–Kier alpha value is -1.90. The summed E-state index contributed by atoms with van der Waals surface area (Å²) in [6, 6.07) is 9.88. The minimum absolute atomic E-state index is 0.0603. The van der Waals surface area contributed by atoms with Crippen LogP contribution in [0.15, 0.2) is 46.9 Å². The van der Waals surface area contributed by atoms with Crippen molar-refractivity contribution in [2.75, 3.05) is 44.3 Å². The van der Waals surface area contributed by atoms with E-state index in [1.165, 1.54) is 23.1 Å². The zero-order valence-electron chi connectivity index (χ0n) is 14.1. The van der Waals surface area contributed by atoms with Gasteiger partial charge < -0.3 is 15.1 Å². The predicted octanol–water partition coefficient (Wildman–Crippen LogP) is 2.75. The molecule has 3 rings (SSSR count). The normalized spacial score (nSPS) is 16.0. The maximum atomic E-state index is 12.2. The van der Waals surface area contributed by atoms with E-state index in [0.717, 1.165) is 37.0 Å². The minimum atomic E-state index is -0.0603. The van der Waals surface area contributed by atoms with Crippen LogP contribution in [0.5, 0.6) is 0 Å². The van der Waals surface area contributed by atoms with Gasteiger partial charge in [0, 0.05) is 37.8 Å². The van der Waals surface area contributed by atoms with Gasteiger partial charge in [0.15, 0.2) is 10.3 Å². The summed E-state index contributed by atoms with van der Waals surface area (Å²) in [5.74, 6) is 0.257. The first-order valence-electron chi connectivity index (χ1n) is 8.10. The number of hydrogen-bond donors (Lipinski definition) is 1. The summed E-state index contributed by atoms with van der Waals surface area (Å²) in [6.07, 6.45) is 1.68. The van der Waals surface area contributed by atoms with E-state index in [1.807, 2.05) is 35.7 Å². The number of amides is 1. The molecule has 1 aromatic heterocycles. The number of piperazine rings is 1. The molecule has 0 aliphatic carbocycles. The summed E-state index contributed by atoms with van der Waals surface area (Å²) in [5.41, 5.74) is 0.907. The number of rotatable bonds is 4. The third kappa shape index (κ3) is 5.55. The molecular weight excluding hydrogens is 354 g/mol. The Morgan fingerprint density at radius 3 is 2.72 bits per heavy atom. The molecule has 0 radical (unpaired) electrons. The number of amidine groups is 1. The number of nitrogens with one attached hydrogen (secondary N) is 1. The smallest absolute Gasteiger partial charge is 0.236 e. The van der Waals surface area contributed by atoms with Crippen molar-refractivity contribution >= 4 is 45.0 Å². The summed E-state index contributed by atoms with van der Waals surface area (Å²) in [5, 5.41) is 6.19. The Labute approximate surface area is 156 Å². The van der Waals surface area contributed by atoms with Crippen molar-refractivity contribution in [3.05, 3.63) is 41.9 Å². The van der Waals surface area contributed by atoms with Crippen molar-refractivity contribution in [2.24, 2.45) is 4.99 Å². The summed E-state index contributed by atoms with van der Waals surface area (Å²) >= 11 is 2.89. The van der Waals surface area contributed by atoms with Crippen LogP contribution < -0.4 is 5.32 Å². The van der Waals surface area contributed by atoms with Gasteiger partial charge in [0.05, 0.1) is 11.4 Å². The summed E-state index contributed by atoms with van der Waals surface area (Å²) in [4.78, 5) is 25.6. The van der Waals surface area contributed by atoms with E-state index in [-0.39, 0.29) is 5.91 Å². The van der Waals surface area contributed by atoms with E-state index >= 15 is 0 Å². The van der Waals surface area contributed by atoms with Crippen LogP contribution in [0.1, 0.15) is 0 Å². The Balaban J connectivity index is 1.65. The SMILES string of the molecule is CN1CCN(C(=Nc2ccccc2)SCC(=O)Nc2nccs2)CC1. The summed E-state index contributed by atoms with van der Waals surface area (Å²) < 4.78 is 0. The van der Waals surface area contributed by atoms with Crippen molar-refractivity contribution in [1.82, 2.24) is 14.8 Å². The quantitative estimate of drug-likeness (QED) is 0.658. The zero-order valence-corrected chi connectivity index (χ0v) is 15.7. The molecule has 0 unspecified atom stereocenters. The third-order valence-corrected chi connectivity index (χ3v) is 5.47. The first-order valence-corrected chi connectivity index (χ1v) is 9.96. The fourth-order valence-corrected chi connectivity index (χ4v) is 3.79. The lowest BCUT2D eigenvalue weighted by Crippen LogP contribution is -2.46. The standard InChI is InChI=1S/C17H21N5OS2/c1-21-8-10-22(11-9-21)17(19-14-5-3-2-4-6-14)25-13-15(23)20-16-18-7-12-24-16/h2-7,12H,8-11,13H2,1H3,(H,18,20,23). The molecule has 0 saturated carbocycles. The molecule has 2 aromatic rings. The molecule has 0 atom stereocenters. The predicted molar refractivity (Wildman–Crippen MR) is 106 cm³/mol. The second-order valence-electron chi connectivity index (χ2n) is 5.69. The van der Waals surface area contributed by atoms with Crippen molar-refractivity contribution in [1.29, 1.82) is 0 Å². The third-order valence-electron chi connectivity index (χ3n) is 3.77. The molecule has 1 N–H and O–H groups in total. The molecule has 25 heavy (non-hydrogen) atoms. The van der Waals surface area contributed by atoms with E-state index in [1.54, 1.807) is 6.20 Å². The highest BCUT2D eigenvalue weighted by molar-refractivity contribution is 8.14. The van der Waals surface area contributed by atoms with Gasteiger partial charge in [-0.1, -0.05) is 30.0 Å². The Kier molecular flexibility index (Phi) is 6.43. The molecular formula is C17H21N5OS2. The Morgan fingerprint density at radius 2 is 2.04 bits per heavy atom. The van der Waals surface area contributed by atoms with Gasteiger partial charge in [-0.3, -0.25) is 4.79 Å². The molecule has 6 nitrogen and oxygen atoms in total. The van der Waals surface area contributed by atoms with Crippen molar-refractivity contribution in [2.45, 2.75) is 0 Å². The molecule has 1 aromatic carbocycles. The highest BCUT2D eigenvalue weighted by Crippen LogP contribution is 2.19. The van der Waals surface area contributed by atoms with E-state index in [0.29, 0.717) is 10.9 Å². The van der Waals surface area contributed by atoms with Crippen LogP contribution in [0.2, 0.25) is 0 Å². The minimum Gasteiger partial charge on any atom is -0.349 e. The van der Waals surface area contributed by atoms with Crippen LogP contribution in [-0.2, 0) is 4.79 Å². The lowest BCUT2D eigenvalue weighted by molar-refractivity contribution is -0.113. The van der Waals surface area contributed by atoms with Gasteiger partial charge in [-0.15, -0.1) is 11.3 Å². The van der Waals surface area contributed by atoms with Crippen LogP contribution >= 0.6 is 23.1 Å².